The van der Waals surface area contributed by atoms with Crippen LogP contribution >= 0.6 is 0 Å². The lowest BCUT2D eigenvalue weighted by Crippen LogP contribution is -2.23. The van der Waals surface area contributed by atoms with Crippen LogP contribution in [0.5, 0.6) is 0 Å². The predicted molar refractivity (Wildman–Crippen MR) is 55.0 cm³/mol. The Hall–Kier alpha value is -0.630. The second kappa shape index (κ2) is 9.37. The molecule has 0 aliphatic carbocycles. The van der Waals surface area contributed by atoms with Gasteiger partial charge in [-0.3, -0.25) is 4.99 Å². The first-order valence-corrected chi connectivity index (χ1v) is 4.09. The second-order valence-corrected chi connectivity index (χ2v) is 2.04. The number of aliphatic imine (C=N–C) groups is 1. The lowest BCUT2D eigenvalue weighted by Gasteiger charge is -2.00. The van der Waals surface area contributed by atoms with E-state index in [9.17, 15) is 0 Å². The molecule has 2 N–H and O–H groups in total. The quantitative estimate of drug-likeness (QED) is 0.616. The average Bonchev–Trinajstić information content (AvgIpc) is 2.03. The van der Waals surface area contributed by atoms with E-state index in [1.807, 2.05) is 40.7 Å². The van der Waals surface area contributed by atoms with Crippen LogP contribution in [-0.4, -0.2) is 11.8 Å². The zero-order valence-corrected chi connectivity index (χ0v) is 8.26. The van der Waals surface area contributed by atoms with Gasteiger partial charge in [-0.05, 0) is 20.8 Å². The summed E-state index contributed by atoms with van der Waals surface area (Å²) in [6, 6.07) is 0.0706. The molecule has 0 radical (unpaired) electrons. The molecule has 68 valence electrons. The van der Waals surface area contributed by atoms with E-state index >= 15 is 0 Å². The molecule has 0 amide bonds. The largest absolute Gasteiger partial charge is 0.323 e. The number of hydrogen-bond acceptors (Lipinski definition) is 2. The summed E-state index contributed by atoms with van der Waals surface area (Å²) in [5.74, 6) is 0. The molecule has 0 bridgehead atoms. The highest BCUT2D eigenvalue weighted by atomic mass is 14.8. The van der Waals surface area contributed by atoms with Crippen molar-refractivity contribution in [3.8, 4) is 0 Å². The van der Waals surface area contributed by atoms with E-state index in [1.54, 1.807) is 6.20 Å². The van der Waals surface area contributed by atoms with Crippen molar-refractivity contribution in [1.82, 2.24) is 0 Å². The lowest BCUT2D eigenvalue weighted by molar-refractivity contribution is 0.966. The Kier molecular flexibility index (Phi) is 11.1. The van der Waals surface area contributed by atoms with E-state index in [1.165, 1.54) is 0 Å². The molecular formula is C9H22N2. The van der Waals surface area contributed by atoms with Gasteiger partial charge in [-0.25, -0.2) is 0 Å². The third-order valence-electron chi connectivity index (χ3n) is 1.09. The van der Waals surface area contributed by atoms with Crippen molar-refractivity contribution in [2.75, 3.05) is 0 Å². The molecule has 0 heterocycles. The van der Waals surface area contributed by atoms with Crippen LogP contribution in [0.4, 0.5) is 0 Å². The van der Waals surface area contributed by atoms with E-state index in [0.717, 1.165) is 5.71 Å². The highest BCUT2D eigenvalue weighted by Crippen LogP contribution is 1.84. The molecule has 0 aliphatic rings. The molecule has 0 aromatic carbocycles. The highest BCUT2D eigenvalue weighted by molar-refractivity contribution is 5.87. The van der Waals surface area contributed by atoms with Crippen molar-refractivity contribution in [3.63, 3.8) is 0 Å². The van der Waals surface area contributed by atoms with Crippen molar-refractivity contribution in [1.29, 1.82) is 0 Å². The Labute approximate surface area is 71.7 Å². The maximum Gasteiger partial charge on any atom is 0.0398 e. The highest BCUT2D eigenvalue weighted by Gasteiger charge is 1.93. The van der Waals surface area contributed by atoms with E-state index in [-0.39, 0.29) is 7.47 Å². The first kappa shape index (κ1) is 13.0. The minimum Gasteiger partial charge on any atom is -0.323 e. The fourth-order valence-corrected chi connectivity index (χ4v) is 0.310. The van der Waals surface area contributed by atoms with Gasteiger partial charge in [-0.1, -0.05) is 19.9 Å². The third kappa shape index (κ3) is 9.37. The van der Waals surface area contributed by atoms with Crippen LogP contribution in [0.2, 0.25) is 0 Å². The van der Waals surface area contributed by atoms with Crippen molar-refractivity contribution < 1.29 is 1.43 Å². The maximum atomic E-state index is 5.51. The van der Waals surface area contributed by atoms with Crippen LogP contribution in [-0.2, 0) is 0 Å². The molecule has 1 unspecified atom stereocenters. The first-order valence-electron chi connectivity index (χ1n) is 4.09. The molecule has 2 heteroatoms. The van der Waals surface area contributed by atoms with Crippen LogP contribution < -0.4 is 5.73 Å². The fraction of sp³-hybridized carbons (Fsp3) is 0.667. The van der Waals surface area contributed by atoms with E-state index in [2.05, 4.69) is 4.99 Å². The molecule has 0 aromatic heterocycles. The molecule has 1 atom stereocenters. The Morgan fingerprint density at radius 1 is 1.55 bits per heavy atom. The van der Waals surface area contributed by atoms with Crippen molar-refractivity contribution in [3.05, 3.63) is 12.3 Å². The summed E-state index contributed by atoms with van der Waals surface area (Å²) in [5, 5.41) is 0. The van der Waals surface area contributed by atoms with E-state index in [4.69, 9.17) is 5.73 Å². The monoisotopic (exact) mass is 158 g/mol. The molecule has 0 saturated heterocycles. The van der Waals surface area contributed by atoms with Crippen LogP contribution in [0.15, 0.2) is 17.3 Å². The summed E-state index contributed by atoms with van der Waals surface area (Å²) < 4.78 is 0. The van der Waals surface area contributed by atoms with Gasteiger partial charge in [0.2, 0.25) is 0 Å². The number of hydrogen-bond donors (Lipinski definition) is 1. The van der Waals surface area contributed by atoms with Gasteiger partial charge in [-0.2, -0.15) is 0 Å². The van der Waals surface area contributed by atoms with E-state index < -0.39 is 0 Å². The zero-order chi connectivity index (χ0) is 9.28. The first-order chi connectivity index (χ1) is 5.18. The molecule has 0 spiro atoms. The van der Waals surface area contributed by atoms with E-state index in [0.29, 0.717) is 0 Å². The summed E-state index contributed by atoms with van der Waals surface area (Å²) in [7, 11) is 0. The average molecular weight is 158 g/mol. The smallest absolute Gasteiger partial charge is 0.0398 e. The zero-order valence-electron chi connectivity index (χ0n) is 8.26. The second-order valence-electron chi connectivity index (χ2n) is 2.04. The third-order valence-corrected chi connectivity index (χ3v) is 1.09. The molecule has 0 aromatic rings. The molecule has 0 rings (SSSR count). The van der Waals surface area contributed by atoms with Crippen LogP contribution in [0.25, 0.3) is 0 Å². The van der Waals surface area contributed by atoms with Crippen molar-refractivity contribution >= 4 is 5.71 Å². The van der Waals surface area contributed by atoms with Gasteiger partial charge in [0.1, 0.15) is 0 Å². The Bertz CT molecular complexity index is 128. The molecule has 0 aliphatic heterocycles. The normalized spacial score (nSPS) is 14.2. The summed E-state index contributed by atoms with van der Waals surface area (Å²) in [4.78, 5) is 4.05. The predicted octanol–water partition coefficient (Wildman–Crippen LogP) is 2.60. The van der Waals surface area contributed by atoms with Crippen molar-refractivity contribution in [2.45, 2.75) is 40.7 Å². The number of nitrogens with zero attached hydrogens (tertiary/aromatic N) is 1. The summed E-state index contributed by atoms with van der Waals surface area (Å²) in [6.45, 7) is 9.77. The standard InChI is InChI=1S/C7H14N2.C2H6.H2/c1-4-5-9-7(3)6(2)8;1-2;/h4-6H,8H2,1-3H3;1-2H3;1H/b5-4-,9-7?;;. The van der Waals surface area contributed by atoms with Gasteiger partial charge in [-0.15, -0.1) is 0 Å². The van der Waals surface area contributed by atoms with Gasteiger partial charge in [0, 0.05) is 19.4 Å². The SMILES string of the molecule is C/C=C\N=C(C)C(C)N.CC.[HH]. The molecule has 2 nitrogen and oxygen atoms in total. The summed E-state index contributed by atoms with van der Waals surface area (Å²) in [5.41, 5.74) is 6.48. The molecular weight excluding hydrogens is 136 g/mol. The fourth-order valence-electron chi connectivity index (χ4n) is 0.310. The molecule has 0 fully saturated rings. The molecule has 11 heavy (non-hydrogen) atoms. The number of nitrogens with two attached hydrogens (primary N) is 1. The van der Waals surface area contributed by atoms with Gasteiger partial charge < -0.3 is 5.73 Å². The van der Waals surface area contributed by atoms with Crippen LogP contribution in [0.1, 0.15) is 36.0 Å². The maximum absolute atomic E-state index is 5.51. The Morgan fingerprint density at radius 2 is 2.00 bits per heavy atom. The minimum absolute atomic E-state index is 0. The summed E-state index contributed by atoms with van der Waals surface area (Å²) >= 11 is 0. The summed E-state index contributed by atoms with van der Waals surface area (Å²) in [6.07, 6.45) is 3.63. The Morgan fingerprint density at radius 3 is 2.27 bits per heavy atom. The van der Waals surface area contributed by atoms with Gasteiger partial charge in [0.05, 0.1) is 0 Å². The van der Waals surface area contributed by atoms with Gasteiger partial charge >= 0.3 is 0 Å². The van der Waals surface area contributed by atoms with Crippen LogP contribution in [0, 0.1) is 0 Å². The minimum atomic E-state index is 0. The van der Waals surface area contributed by atoms with Gasteiger partial charge in [0.25, 0.3) is 0 Å². The molecule has 0 saturated carbocycles. The number of allylic oxidation sites excluding steroid dienone is 1. The lowest BCUT2D eigenvalue weighted by atomic mass is 10.2. The van der Waals surface area contributed by atoms with Crippen molar-refractivity contribution in [2.24, 2.45) is 10.7 Å². The topological polar surface area (TPSA) is 38.4 Å². The van der Waals surface area contributed by atoms with Crippen LogP contribution in [0.3, 0.4) is 0 Å². The Balaban J connectivity index is -0.000000249. The number of rotatable bonds is 2. The van der Waals surface area contributed by atoms with Gasteiger partial charge in [0.15, 0.2) is 0 Å².